The number of hydrogen-bond acceptors (Lipinski definition) is 4. The van der Waals surface area contributed by atoms with Crippen molar-refractivity contribution in [3.8, 4) is 0 Å². The molecule has 114 valence electrons. The van der Waals surface area contributed by atoms with Crippen LogP contribution in [0.15, 0.2) is 0 Å². The van der Waals surface area contributed by atoms with Crippen LogP contribution in [-0.4, -0.2) is 79.3 Å². The minimum atomic E-state index is -0.811. The highest BCUT2D eigenvalue weighted by molar-refractivity contribution is 5.77. The molecule has 0 saturated carbocycles. The average Bonchev–Trinajstić information content (AvgIpc) is 2.82. The standard InChI is InChI=1S/C13H24N4O3/c1-10-8-17(9-11(10)12(18)19)13(20)15-4-7-16-5-2-14-3-6-16/h10-11,14H,2-9H2,1H3,(H,15,20)(H,18,19)/t10-,11-/m1/s1. The van der Waals surface area contributed by atoms with Gasteiger partial charge in [-0.25, -0.2) is 4.79 Å². The molecule has 2 atom stereocenters. The van der Waals surface area contributed by atoms with Crippen LogP contribution in [0.1, 0.15) is 6.92 Å². The summed E-state index contributed by atoms with van der Waals surface area (Å²) in [6.45, 7) is 8.20. The SMILES string of the molecule is C[C@@H]1CN(C(=O)NCCN2CCNCC2)C[C@H]1C(=O)O. The number of amides is 2. The Balaban J connectivity index is 1.68. The van der Waals surface area contributed by atoms with Gasteiger partial charge in [0.2, 0.25) is 0 Å². The lowest BCUT2D eigenvalue weighted by Gasteiger charge is -2.27. The average molecular weight is 284 g/mol. The summed E-state index contributed by atoms with van der Waals surface area (Å²) in [6, 6.07) is -0.143. The van der Waals surface area contributed by atoms with Crippen molar-refractivity contribution in [1.82, 2.24) is 20.4 Å². The summed E-state index contributed by atoms with van der Waals surface area (Å²) in [6.07, 6.45) is 0. The second-order valence-electron chi connectivity index (χ2n) is 5.65. The number of carbonyl (C=O) groups excluding carboxylic acids is 1. The Labute approximate surface area is 119 Å². The molecule has 2 saturated heterocycles. The number of piperazine rings is 1. The maximum atomic E-state index is 12.0. The molecule has 0 aromatic heterocycles. The van der Waals surface area contributed by atoms with Gasteiger partial charge in [0.05, 0.1) is 5.92 Å². The molecule has 7 nitrogen and oxygen atoms in total. The number of nitrogens with one attached hydrogen (secondary N) is 2. The molecule has 0 aliphatic carbocycles. The van der Waals surface area contributed by atoms with Crippen molar-refractivity contribution >= 4 is 12.0 Å². The first-order valence-electron chi connectivity index (χ1n) is 7.26. The minimum absolute atomic E-state index is 0.0198. The fraction of sp³-hybridized carbons (Fsp3) is 0.846. The second kappa shape index (κ2) is 6.90. The Bertz CT molecular complexity index is 358. The molecule has 2 rings (SSSR count). The highest BCUT2D eigenvalue weighted by atomic mass is 16.4. The van der Waals surface area contributed by atoms with Crippen molar-refractivity contribution in [1.29, 1.82) is 0 Å². The van der Waals surface area contributed by atoms with Crippen LogP contribution >= 0.6 is 0 Å². The van der Waals surface area contributed by atoms with Gasteiger partial charge in [0.25, 0.3) is 0 Å². The summed E-state index contributed by atoms with van der Waals surface area (Å²) in [5, 5.41) is 15.2. The Kier molecular flexibility index (Phi) is 5.19. The summed E-state index contributed by atoms with van der Waals surface area (Å²) in [5.74, 6) is -1.23. The van der Waals surface area contributed by atoms with Crippen molar-refractivity contribution in [3.05, 3.63) is 0 Å². The molecule has 20 heavy (non-hydrogen) atoms. The molecule has 2 aliphatic rings. The van der Waals surface area contributed by atoms with E-state index < -0.39 is 11.9 Å². The summed E-state index contributed by atoms with van der Waals surface area (Å²) >= 11 is 0. The number of nitrogens with zero attached hydrogens (tertiary/aromatic N) is 2. The van der Waals surface area contributed by atoms with Gasteiger partial charge in [0.1, 0.15) is 0 Å². The van der Waals surface area contributed by atoms with Gasteiger partial charge in [-0.05, 0) is 5.92 Å². The highest BCUT2D eigenvalue weighted by Gasteiger charge is 2.36. The molecular weight excluding hydrogens is 260 g/mol. The van der Waals surface area contributed by atoms with Crippen molar-refractivity contribution < 1.29 is 14.7 Å². The quantitative estimate of drug-likeness (QED) is 0.633. The van der Waals surface area contributed by atoms with E-state index in [0.717, 1.165) is 32.7 Å². The predicted octanol–water partition coefficient (Wildman–Crippen LogP) is -0.746. The molecule has 2 aliphatic heterocycles. The Morgan fingerprint density at radius 2 is 2.00 bits per heavy atom. The van der Waals surface area contributed by atoms with E-state index in [4.69, 9.17) is 5.11 Å². The summed E-state index contributed by atoms with van der Waals surface area (Å²) in [5.41, 5.74) is 0. The van der Waals surface area contributed by atoms with Gasteiger partial charge in [-0.1, -0.05) is 6.92 Å². The number of likely N-dealkylation sites (tertiary alicyclic amines) is 1. The third-order valence-electron chi connectivity index (χ3n) is 4.13. The molecule has 2 fully saturated rings. The number of carbonyl (C=O) groups is 2. The van der Waals surface area contributed by atoms with E-state index in [0.29, 0.717) is 19.6 Å². The van der Waals surface area contributed by atoms with E-state index in [9.17, 15) is 9.59 Å². The van der Waals surface area contributed by atoms with Crippen molar-refractivity contribution in [2.75, 3.05) is 52.4 Å². The molecule has 0 bridgehead atoms. The number of urea groups is 1. The molecule has 2 amide bonds. The largest absolute Gasteiger partial charge is 0.481 e. The smallest absolute Gasteiger partial charge is 0.317 e. The number of carboxylic acids is 1. The van der Waals surface area contributed by atoms with Crippen molar-refractivity contribution in [2.45, 2.75) is 6.92 Å². The van der Waals surface area contributed by atoms with Gasteiger partial charge in [-0.2, -0.15) is 0 Å². The van der Waals surface area contributed by atoms with Gasteiger partial charge < -0.3 is 20.6 Å². The van der Waals surface area contributed by atoms with E-state index in [1.165, 1.54) is 0 Å². The zero-order chi connectivity index (χ0) is 14.5. The lowest BCUT2D eigenvalue weighted by atomic mass is 9.99. The topological polar surface area (TPSA) is 84.9 Å². The normalized spacial score (nSPS) is 27.6. The Morgan fingerprint density at radius 1 is 1.30 bits per heavy atom. The van der Waals surface area contributed by atoms with Crippen LogP contribution in [0.2, 0.25) is 0 Å². The highest BCUT2D eigenvalue weighted by Crippen LogP contribution is 2.22. The summed E-state index contributed by atoms with van der Waals surface area (Å²) in [4.78, 5) is 26.9. The second-order valence-corrected chi connectivity index (χ2v) is 5.65. The van der Waals surface area contributed by atoms with Crippen LogP contribution in [0, 0.1) is 11.8 Å². The first kappa shape index (κ1) is 15.1. The molecule has 2 heterocycles. The maximum Gasteiger partial charge on any atom is 0.317 e. The number of aliphatic carboxylic acids is 1. The molecule has 0 aromatic carbocycles. The van der Waals surface area contributed by atoms with Crippen LogP contribution in [-0.2, 0) is 4.79 Å². The van der Waals surface area contributed by atoms with Gasteiger partial charge in [-0.3, -0.25) is 9.69 Å². The number of carboxylic acid groups (broad SMARTS) is 1. The fourth-order valence-corrected chi connectivity index (χ4v) is 2.82. The molecule has 0 spiro atoms. The van der Waals surface area contributed by atoms with E-state index in [1.54, 1.807) is 4.90 Å². The van der Waals surface area contributed by atoms with Crippen LogP contribution in [0.4, 0.5) is 4.79 Å². The third kappa shape index (κ3) is 3.83. The first-order chi connectivity index (χ1) is 9.58. The maximum absolute atomic E-state index is 12.0. The third-order valence-corrected chi connectivity index (χ3v) is 4.13. The predicted molar refractivity (Wildman–Crippen MR) is 74.6 cm³/mol. The molecule has 0 radical (unpaired) electrons. The zero-order valence-electron chi connectivity index (χ0n) is 12.0. The lowest BCUT2D eigenvalue weighted by molar-refractivity contribution is -0.142. The van der Waals surface area contributed by atoms with Gasteiger partial charge in [0.15, 0.2) is 0 Å². The van der Waals surface area contributed by atoms with E-state index in [-0.39, 0.29) is 11.9 Å². The summed E-state index contributed by atoms with van der Waals surface area (Å²) < 4.78 is 0. The number of rotatable bonds is 4. The van der Waals surface area contributed by atoms with E-state index >= 15 is 0 Å². The number of hydrogen-bond donors (Lipinski definition) is 3. The first-order valence-corrected chi connectivity index (χ1v) is 7.26. The zero-order valence-corrected chi connectivity index (χ0v) is 12.0. The van der Waals surface area contributed by atoms with Crippen LogP contribution in [0.25, 0.3) is 0 Å². The van der Waals surface area contributed by atoms with E-state index in [2.05, 4.69) is 15.5 Å². The Morgan fingerprint density at radius 3 is 2.60 bits per heavy atom. The van der Waals surface area contributed by atoms with Crippen LogP contribution in [0.3, 0.4) is 0 Å². The van der Waals surface area contributed by atoms with Gasteiger partial charge in [-0.15, -0.1) is 0 Å². The Hall–Kier alpha value is -1.34. The van der Waals surface area contributed by atoms with Crippen molar-refractivity contribution in [2.24, 2.45) is 11.8 Å². The van der Waals surface area contributed by atoms with Gasteiger partial charge >= 0.3 is 12.0 Å². The molecular formula is C13H24N4O3. The van der Waals surface area contributed by atoms with Crippen LogP contribution in [0.5, 0.6) is 0 Å². The minimum Gasteiger partial charge on any atom is -0.481 e. The lowest BCUT2D eigenvalue weighted by Crippen LogP contribution is -2.47. The summed E-state index contributed by atoms with van der Waals surface area (Å²) in [7, 11) is 0. The molecule has 3 N–H and O–H groups in total. The molecule has 7 heteroatoms. The van der Waals surface area contributed by atoms with Gasteiger partial charge in [0, 0.05) is 52.4 Å². The van der Waals surface area contributed by atoms with Crippen LogP contribution < -0.4 is 10.6 Å². The fourth-order valence-electron chi connectivity index (χ4n) is 2.82. The molecule has 0 aromatic rings. The molecule has 0 unspecified atom stereocenters. The monoisotopic (exact) mass is 284 g/mol. The van der Waals surface area contributed by atoms with Crippen molar-refractivity contribution in [3.63, 3.8) is 0 Å². The van der Waals surface area contributed by atoms with E-state index in [1.807, 2.05) is 6.92 Å².